The Bertz CT molecular complexity index is 1090. The molecule has 1 fully saturated rings. The van der Waals surface area contributed by atoms with Gasteiger partial charge in [0.25, 0.3) is 5.91 Å². The molecule has 0 aliphatic carbocycles. The SMILES string of the molecule is O=C(c1cc(-c2ccco2)nn1-c1ccccc1)N1CCCC(c2nccs2)C1. The normalized spacial score (nSPS) is 16.8. The van der Waals surface area contributed by atoms with Gasteiger partial charge in [-0.1, -0.05) is 18.2 Å². The number of likely N-dealkylation sites (tertiary alicyclic amines) is 1. The number of hydrogen-bond acceptors (Lipinski definition) is 5. The maximum Gasteiger partial charge on any atom is 0.272 e. The molecule has 6 nitrogen and oxygen atoms in total. The average Bonchev–Trinajstić information content (AvgIpc) is 3.55. The second-order valence-corrected chi connectivity index (χ2v) is 8.03. The van der Waals surface area contributed by atoms with Gasteiger partial charge in [-0.3, -0.25) is 4.79 Å². The highest BCUT2D eigenvalue weighted by Gasteiger charge is 2.29. The van der Waals surface area contributed by atoms with Crippen molar-refractivity contribution in [3.8, 4) is 17.1 Å². The maximum absolute atomic E-state index is 13.5. The lowest BCUT2D eigenvalue weighted by Gasteiger charge is -2.31. The number of carbonyl (C=O) groups is 1. The van der Waals surface area contributed by atoms with E-state index in [1.807, 2.05) is 65.0 Å². The summed E-state index contributed by atoms with van der Waals surface area (Å²) in [4.78, 5) is 19.9. The van der Waals surface area contributed by atoms with Crippen molar-refractivity contribution in [1.82, 2.24) is 19.7 Å². The lowest BCUT2D eigenvalue weighted by atomic mass is 9.98. The fraction of sp³-hybridized carbons (Fsp3) is 0.227. The Morgan fingerprint density at radius 1 is 1.17 bits per heavy atom. The molecule has 1 aliphatic rings. The Morgan fingerprint density at radius 3 is 2.83 bits per heavy atom. The van der Waals surface area contributed by atoms with Gasteiger partial charge in [0.15, 0.2) is 5.76 Å². The van der Waals surface area contributed by atoms with Crippen molar-refractivity contribution < 1.29 is 9.21 Å². The first-order valence-electron chi connectivity index (χ1n) is 9.67. The number of rotatable bonds is 4. The molecule has 4 aromatic rings. The number of thiazole rings is 1. The molecule has 7 heteroatoms. The van der Waals surface area contributed by atoms with Gasteiger partial charge in [0.1, 0.15) is 11.4 Å². The quantitative estimate of drug-likeness (QED) is 0.498. The summed E-state index contributed by atoms with van der Waals surface area (Å²) < 4.78 is 7.22. The van der Waals surface area contributed by atoms with E-state index in [-0.39, 0.29) is 5.91 Å². The van der Waals surface area contributed by atoms with Crippen LogP contribution in [0.4, 0.5) is 0 Å². The number of benzene rings is 1. The number of hydrogen-bond donors (Lipinski definition) is 0. The zero-order valence-electron chi connectivity index (χ0n) is 15.8. The lowest BCUT2D eigenvalue weighted by molar-refractivity contribution is 0.0697. The molecule has 0 spiro atoms. The zero-order chi connectivity index (χ0) is 19.6. The Balaban J connectivity index is 1.50. The van der Waals surface area contributed by atoms with Crippen LogP contribution in [0.15, 0.2) is 70.8 Å². The minimum absolute atomic E-state index is 0.0135. The van der Waals surface area contributed by atoms with Gasteiger partial charge in [0.05, 0.1) is 17.0 Å². The van der Waals surface area contributed by atoms with Crippen LogP contribution in [0.3, 0.4) is 0 Å². The molecule has 1 aliphatic heterocycles. The largest absolute Gasteiger partial charge is 0.463 e. The summed E-state index contributed by atoms with van der Waals surface area (Å²) >= 11 is 1.66. The molecule has 0 saturated carbocycles. The molecule has 4 heterocycles. The van der Waals surface area contributed by atoms with Crippen LogP contribution in [0.2, 0.25) is 0 Å². The summed E-state index contributed by atoms with van der Waals surface area (Å²) in [5.74, 6) is 0.929. The molecular weight excluding hydrogens is 384 g/mol. The molecule has 5 rings (SSSR count). The van der Waals surface area contributed by atoms with E-state index < -0.39 is 0 Å². The summed E-state index contributed by atoms with van der Waals surface area (Å²) in [7, 11) is 0. The van der Waals surface area contributed by atoms with Crippen molar-refractivity contribution in [2.75, 3.05) is 13.1 Å². The molecule has 3 aromatic heterocycles. The van der Waals surface area contributed by atoms with Crippen LogP contribution in [-0.4, -0.2) is 38.7 Å². The molecule has 1 unspecified atom stereocenters. The average molecular weight is 404 g/mol. The third kappa shape index (κ3) is 3.49. The van der Waals surface area contributed by atoms with Gasteiger partial charge in [-0.05, 0) is 37.1 Å². The minimum atomic E-state index is -0.0135. The first kappa shape index (κ1) is 17.9. The Kier molecular flexibility index (Phi) is 4.73. The highest BCUT2D eigenvalue weighted by molar-refractivity contribution is 7.09. The van der Waals surface area contributed by atoms with Gasteiger partial charge < -0.3 is 9.32 Å². The molecule has 0 bridgehead atoms. The van der Waals surface area contributed by atoms with Crippen molar-refractivity contribution in [3.63, 3.8) is 0 Å². The van der Waals surface area contributed by atoms with E-state index in [1.54, 1.807) is 22.3 Å². The summed E-state index contributed by atoms with van der Waals surface area (Å²) in [6, 6.07) is 15.2. The van der Waals surface area contributed by atoms with Gasteiger partial charge in [-0.2, -0.15) is 5.10 Å². The Hall–Kier alpha value is -3.19. The van der Waals surface area contributed by atoms with E-state index in [0.29, 0.717) is 29.6 Å². The van der Waals surface area contributed by atoms with E-state index >= 15 is 0 Å². The standard InChI is InChI=1S/C22H20N4O2S/c27-22(25-11-4-6-16(15-25)21-23-10-13-29-21)19-14-18(20-9-5-12-28-20)24-26(19)17-7-2-1-3-8-17/h1-3,5,7-10,12-14,16H,4,6,11,15H2. The number of aromatic nitrogens is 3. The summed E-state index contributed by atoms with van der Waals surface area (Å²) in [6.07, 6.45) is 5.48. The third-order valence-corrected chi connectivity index (χ3v) is 6.15. The molecule has 29 heavy (non-hydrogen) atoms. The highest BCUT2D eigenvalue weighted by atomic mass is 32.1. The van der Waals surface area contributed by atoms with Crippen LogP contribution in [0, 0.1) is 0 Å². The molecule has 0 N–H and O–H groups in total. The van der Waals surface area contributed by atoms with E-state index in [1.165, 1.54) is 0 Å². The number of amides is 1. The third-order valence-electron chi connectivity index (χ3n) is 5.21. The molecule has 1 saturated heterocycles. The van der Waals surface area contributed by atoms with Crippen LogP contribution in [0.1, 0.15) is 34.3 Å². The van der Waals surface area contributed by atoms with Crippen molar-refractivity contribution in [2.45, 2.75) is 18.8 Å². The van der Waals surface area contributed by atoms with Crippen LogP contribution >= 0.6 is 11.3 Å². The van der Waals surface area contributed by atoms with Gasteiger partial charge in [0.2, 0.25) is 0 Å². The van der Waals surface area contributed by atoms with E-state index in [4.69, 9.17) is 4.42 Å². The van der Waals surface area contributed by atoms with Crippen molar-refractivity contribution in [3.05, 3.63) is 77.1 Å². The molecule has 146 valence electrons. The molecule has 1 atom stereocenters. The highest BCUT2D eigenvalue weighted by Crippen LogP contribution is 2.30. The number of carbonyl (C=O) groups excluding carboxylic acids is 1. The summed E-state index contributed by atoms with van der Waals surface area (Å²) in [5.41, 5.74) is 2.04. The van der Waals surface area contributed by atoms with Gasteiger partial charge in [-0.25, -0.2) is 9.67 Å². The topological polar surface area (TPSA) is 64.2 Å². The summed E-state index contributed by atoms with van der Waals surface area (Å²) in [5, 5.41) is 7.78. The van der Waals surface area contributed by atoms with Crippen molar-refractivity contribution >= 4 is 17.2 Å². The number of piperidine rings is 1. The first-order chi connectivity index (χ1) is 14.3. The fourth-order valence-electron chi connectivity index (χ4n) is 3.81. The number of furan rings is 1. The van der Waals surface area contributed by atoms with Crippen molar-refractivity contribution in [2.24, 2.45) is 0 Å². The monoisotopic (exact) mass is 404 g/mol. The second kappa shape index (κ2) is 7.67. The van der Waals surface area contributed by atoms with Crippen LogP contribution in [-0.2, 0) is 0 Å². The second-order valence-electron chi connectivity index (χ2n) is 7.10. The smallest absolute Gasteiger partial charge is 0.272 e. The molecule has 1 aromatic carbocycles. The Labute approximate surface area is 172 Å². The predicted octanol–water partition coefficient (Wildman–Crippen LogP) is 4.61. The maximum atomic E-state index is 13.5. The molecule has 0 radical (unpaired) electrons. The Morgan fingerprint density at radius 2 is 2.07 bits per heavy atom. The first-order valence-corrected chi connectivity index (χ1v) is 10.6. The predicted molar refractivity (Wildman–Crippen MR) is 111 cm³/mol. The number of nitrogens with zero attached hydrogens (tertiary/aromatic N) is 4. The lowest BCUT2D eigenvalue weighted by Crippen LogP contribution is -2.39. The zero-order valence-corrected chi connectivity index (χ0v) is 16.6. The number of para-hydroxylation sites is 1. The minimum Gasteiger partial charge on any atom is -0.463 e. The van der Waals surface area contributed by atoms with Crippen LogP contribution in [0.25, 0.3) is 17.1 Å². The van der Waals surface area contributed by atoms with Crippen LogP contribution in [0.5, 0.6) is 0 Å². The molecule has 1 amide bonds. The fourth-order valence-corrected chi connectivity index (χ4v) is 4.57. The van der Waals surface area contributed by atoms with Crippen molar-refractivity contribution in [1.29, 1.82) is 0 Å². The van der Waals surface area contributed by atoms with Gasteiger partial charge >= 0.3 is 0 Å². The van der Waals surface area contributed by atoms with Gasteiger partial charge in [-0.15, -0.1) is 11.3 Å². The van der Waals surface area contributed by atoms with Crippen LogP contribution < -0.4 is 0 Å². The van der Waals surface area contributed by atoms with E-state index in [9.17, 15) is 4.79 Å². The van der Waals surface area contributed by atoms with Gasteiger partial charge in [0, 0.05) is 36.7 Å². The van der Waals surface area contributed by atoms with E-state index in [2.05, 4.69) is 10.1 Å². The summed E-state index contributed by atoms with van der Waals surface area (Å²) in [6.45, 7) is 1.43. The molecular formula is C22H20N4O2S. The van der Waals surface area contributed by atoms with E-state index in [0.717, 1.165) is 30.1 Å².